The number of hydrogen-bond donors (Lipinski definition) is 1. The number of rotatable bonds is 3. The highest BCUT2D eigenvalue weighted by Crippen LogP contribution is 2.33. The van der Waals surface area contributed by atoms with Gasteiger partial charge in [-0.3, -0.25) is 4.40 Å². The van der Waals surface area contributed by atoms with E-state index >= 15 is 0 Å². The maximum absolute atomic E-state index is 13.3. The van der Waals surface area contributed by atoms with Crippen LogP contribution in [0.4, 0.5) is 10.3 Å². The quantitative estimate of drug-likeness (QED) is 0.601. The van der Waals surface area contributed by atoms with Crippen molar-refractivity contribution in [1.29, 1.82) is 0 Å². The lowest BCUT2D eigenvalue weighted by Gasteiger charge is -2.15. The van der Waals surface area contributed by atoms with Gasteiger partial charge in [0.15, 0.2) is 0 Å². The number of nitrogens with zero attached hydrogens (tertiary/aromatic N) is 5. The molecule has 1 N–H and O–H groups in total. The van der Waals surface area contributed by atoms with Gasteiger partial charge < -0.3 is 14.4 Å². The minimum Gasteiger partial charge on any atom is -0.432 e. The molecule has 1 aliphatic heterocycles. The predicted octanol–water partition coefficient (Wildman–Crippen LogP) is 2.76. The smallest absolute Gasteiger partial charge is 0.306 e. The number of benzene rings is 1. The first-order valence-electron chi connectivity index (χ1n) is 8.67. The Kier molecular flexibility index (Phi) is 3.64. The van der Waals surface area contributed by atoms with Crippen LogP contribution in [0.3, 0.4) is 0 Å². The van der Waals surface area contributed by atoms with Crippen LogP contribution >= 0.6 is 0 Å². The maximum atomic E-state index is 13.3. The molecule has 136 valence electrons. The van der Waals surface area contributed by atoms with E-state index in [9.17, 15) is 9.50 Å². The molecule has 1 aliphatic rings. The number of fused-ring (bicyclic) bond motifs is 1. The molecule has 0 saturated carbocycles. The van der Waals surface area contributed by atoms with Crippen LogP contribution in [0.15, 0.2) is 53.4 Å². The minimum atomic E-state index is -0.359. The molecule has 0 amide bonds. The summed E-state index contributed by atoms with van der Waals surface area (Å²) < 4.78 is 20.6. The number of anilines is 1. The van der Waals surface area contributed by atoms with Crippen molar-refractivity contribution in [3.05, 3.63) is 54.8 Å². The van der Waals surface area contributed by atoms with Gasteiger partial charge in [0.2, 0.25) is 5.95 Å². The Morgan fingerprint density at radius 3 is 2.78 bits per heavy atom. The largest absolute Gasteiger partial charge is 0.432 e. The summed E-state index contributed by atoms with van der Waals surface area (Å²) in [6.45, 7) is 1.23. The minimum absolute atomic E-state index is 0.305. The van der Waals surface area contributed by atoms with Crippen LogP contribution in [-0.2, 0) is 0 Å². The van der Waals surface area contributed by atoms with Crippen LogP contribution < -0.4 is 4.90 Å². The van der Waals surface area contributed by atoms with Gasteiger partial charge in [0.25, 0.3) is 0 Å². The Hall–Kier alpha value is -3.26. The lowest BCUT2D eigenvalue weighted by atomic mass is 10.1. The fourth-order valence-corrected chi connectivity index (χ4v) is 3.40. The molecule has 1 atom stereocenters. The number of hydrogen-bond acceptors (Lipinski definition) is 6. The highest BCUT2D eigenvalue weighted by Gasteiger charge is 2.24. The van der Waals surface area contributed by atoms with E-state index in [0.717, 1.165) is 11.3 Å². The second-order valence-corrected chi connectivity index (χ2v) is 6.50. The summed E-state index contributed by atoms with van der Waals surface area (Å²) in [6.07, 6.45) is 5.36. The predicted molar refractivity (Wildman–Crippen MR) is 96.7 cm³/mol. The van der Waals surface area contributed by atoms with Crippen molar-refractivity contribution in [2.24, 2.45) is 0 Å². The van der Waals surface area contributed by atoms with E-state index in [1.165, 1.54) is 12.1 Å². The molecule has 1 saturated heterocycles. The summed E-state index contributed by atoms with van der Waals surface area (Å²) in [5, 5.41) is 9.79. The van der Waals surface area contributed by atoms with E-state index in [2.05, 4.69) is 9.97 Å². The third kappa shape index (κ3) is 2.74. The van der Waals surface area contributed by atoms with Crippen molar-refractivity contribution in [3.8, 4) is 22.6 Å². The number of aromatic nitrogens is 4. The van der Waals surface area contributed by atoms with Gasteiger partial charge in [-0.05, 0) is 36.8 Å². The van der Waals surface area contributed by atoms with Crippen molar-refractivity contribution >= 4 is 11.8 Å². The van der Waals surface area contributed by atoms with E-state index in [0.29, 0.717) is 42.7 Å². The van der Waals surface area contributed by atoms with Crippen molar-refractivity contribution in [2.75, 3.05) is 18.0 Å². The van der Waals surface area contributed by atoms with Crippen LogP contribution in [-0.4, -0.2) is 43.7 Å². The van der Waals surface area contributed by atoms with Crippen molar-refractivity contribution < 1.29 is 13.9 Å². The SMILES string of the molecule is O[C@@H]1CCN(c2nccc(-c3c(-c4ccc(F)cc4)nc4occn34)n2)C1. The molecule has 0 bridgehead atoms. The molecule has 3 aromatic heterocycles. The van der Waals surface area contributed by atoms with E-state index in [1.54, 1.807) is 36.9 Å². The third-order valence-corrected chi connectivity index (χ3v) is 4.71. The Morgan fingerprint density at radius 2 is 2.00 bits per heavy atom. The summed E-state index contributed by atoms with van der Waals surface area (Å²) in [7, 11) is 0. The fraction of sp³-hybridized carbons (Fsp3) is 0.211. The molecule has 5 rings (SSSR count). The zero-order valence-corrected chi connectivity index (χ0v) is 14.3. The molecule has 0 spiro atoms. The summed E-state index contributed by atoms with van der Waals surface area (Å²) >= 11 is 0. The number of halogens is 1. The second-order valence-electron chi connectivity index (χ2n) is 6.50. The van der Waals surface area contributed by atoms with Gasteiger partial charge in [0, 0.05) is 31.0 Å². The first-order chi connectivity index (χ1) is 13.2. The van der Waals surface area contributed by atoms with Gasteiger partial charge in [0.1, 0.15) is 23.5 Å². The molecular formula is C19H16FN5O2. The molecule has 0 aliphatic carbocycles. The van der Waals surface area contributed by atoms with Crippen molar-refractivity contribution in [2.45, 2.75) is 12.5 Å². The molecule has 8 heteroatoms. The lowest BCUT2D eigenvalue weighted by molar-refractivity contribution is 0.198. The topological polar surface area (TPSA) is 79.7 Å². The first kappa shape index (κ1) is 16.0. The number of β-amino-alcohol motifs (C(OH)–C–C–N with tert-alkyl or cyclic N) is 1. The van der Waals surface area contributed by atoms with Gasteiger partial charge in [-0.2, -0.15) is 4.98 Å². The summed E-state index contributed by atoms with van der Waals surface area (Å²) in [6, 6.07) is 7.97. The number of imidazole rings is 1. The van der Waals surface area contributed by atoms with Crippen molar-refractivity contribution in [3.63, 3.8) is 0 Å². The van der Waals surface area contributed by atoms with E-state index in [1.807, 2.05) is 9.30 Å². The number of aliphatic hydroxyl groups is 1. The van der Waals surface area contributed by atoms with Crippen LogP contribution in [0.5, 0.6) is 0 Å². The lowest BCUT2D eigenvalue weighted by Crippen LogP contribution is -2.23. The molecular weight excluding hydrogens is 349 g/mol. The van der Waals surface area contributed by atoms with E-state index < -0.39 is 0 Å². The second kappa shape index (κ2) is 6.17. The monoisotopic (exact) mass is 365 g/mol. The summed E-state index contributed by atoms with van der Waals surface area (Å²) in [4.78, 5) is 15.5. The average molecular weight is 365 g/mol. The zero-order chi connectivity index (χ0) is 18.4. The van der Waals surface area contributed by atoms with E-state index in [-0.39, 0.29) is 11.9 Å². The molecule has 7 nitrogen and oxygen atoms in total. The highest BCUT2D eigenvalue weighted by molar-refractivity contribution is 5.79. The average Bonchev–Trinajstić information content (AvgIpc) is 3.38. The Balaban J connectivity index is 1.65. The molecule has 0 radical (unpaired) electrons. The van der Waals surface area contributed by atoms with Gasteiger partial charge in [0.05, 0.1) is 11.8 Å². The van der Waals surface area contributed by atoms with Gasteiger partial charge in [-0.25, -0.2) is 14.4 Å². The zero-order valence-electron chi connectivity index (χ0n) is 14.3. The third-order valence-electron chi connectivity index (χ3n) is 4.71. The van der Waals surface area contributed by atoms with Crippen LogP contribution in [0, 0.1) is 5.82 Å². The van der Waals surface area contributed by atoms with E-state index in [4.69, 9.17) is 9.40 Å². The Bertz CT molecular complexity index is 1100. The van der Waals surface area contributed by atoms with Gasteiger partial charge in [-0.15, -0.1) is 0 Å². The molecule has 1 fully saturated rings. The maximum Gasteiger partial charge on any atom is 0.306 e. The van der Waals surface area contributed by atoms with Gasteiger partial charge in [-0.1, -0.05) is 0 Å². The molecule has 27 heavy (non-hydrogen) atoms. The standard InChI is InChI=1S/C19H16FN5O2/c20-13-3-1-12(2-4-13)16-17(25-9-10-27-19(25)23-16)15-5-7-21-18(22-15)24-8-6-14(26)11-24/h1-5,7,9-10,14,26H,6,8,11H2/t14-/m1/s1. The highest BCUT2D eigenvalue weighted by atomic mass is 19.1. The molecule has 1 aromatic carbocycles. The van der Waals surface area contributed by atoms with Gasteiger partial charge >= 0.3 is 5.84 Å². The first-order valence-corrected chi connectivity index (χ1v) is 8.67. The van der Waals surface area contributed by atoms with Crippen LogP contribution in [0.2, 0.25) is 0 Å². The Labute approximate surface area is 153 Å². The summed E-state index contributed by atoms with van der Waals surface area (Å²) in [5.41, 5.74) is 2.84. The normalized spacial score (nSPS) is 17.1. The fourth-order valence-electron chi connectivity index (χ4n) is 3.40. The van der Waals surface area contributed by atoms with Crippen LogP contribution in [0.1, 0.15) is 6.42 Å². The van der Waals surface area contributed by atoms with Crippen molar-refractivity contribution in [1.82, 2.24) is 19.4 Å². The molecule has 4 heterocycles. The molecule has 4 aromatic rings. The Morgan fingerprint density at radius 1 is 1.15 bits per heavy atom. The molecule has 0 unspecified atom stereocenters. The number of oxazole rings is 1. The summed E-state index contributed by atoms with van der Waals surface area (Å²) in [5.74, 6) is 0.689. The van der Waals surface area contributed by atoms with Crippen LogP contribution in [0.25, 0.3) is 28.5 Å². The number of aliphatic hydroxyl groups excluding tert-OH is 1.